The number of rotatable bonds is 7. The highest BCUT2D eigenvalue weighted by Gasteiger charge is 2.15. The summed E-state index contributed by atoms with van der Waals surface area (Å²) in [6.07, 6.45) is 1.36. The van der Waals surface area contributed by atoms with Gasteiger partial charge in [0.1, 0.15) is 12.0 Å². The lowest BCUT2D eigenvalue weighted by Crippen LogP contribution is -2.13. The molecule has 21 heavy (non-hydrogen) atoms. The molecule has 1 aromatic heterocycles. The molecule has 0 atom stereocenters. The number of sulfone groups is 1. The number of methoxy groups -OCH3 is 2. The number of nitrogens with zero attached hydrogens (tertiary/aromatic N) is 1. The molecular formula is C14H17NO5S. The monoisotopic (exact) mass is 311 g/mol. The largest absolute Gasteiger partial charge is 0.497 e. The molecule has 0 N–H and O–H groups in total. The third-order valence-electron chi connectivity index (χ3n) is 2.85. The van der Waals surface area contributed by atoms with Crippen molar-refractivity contribution in [2.45, 2.75) is 5.75 Å². The zero-order valence-corrected chi connectivity index (χ0v) is 12.7. The van der Waals surface area contributed by atoms with Crippen molar-refractivity contribution < 1.29 is 22.3 Å². The van der Waals surface area contributed by atoms with Crippen LogP contribution in [0, 0.1) is 0 Å². The average Bonchev–Trinajstić information content (AvgIpc) is 2.93. The Labute approximate surface area is 123 Å². The second-order valence-electron chi connectivity index (χ2n) is 4.46. The average molecular weight is 311 g/mol. The summed E-state index contributed by atoms with van der Waals surface area (Å²) in [7, 11) is -0.192. The van der Waals surface area contributed by atoms with E-state index in [0.29, 0.717) is 11.6 Å². The molecule has 0 radical (unpaired) electrons. The first kappa shape index (κ1) is 15.5. The molecule has 0 saturated carbocycles. The zero-order valence-electron chi connectivity index (χ0n) is 11.9. The van der Waals surface area contributed by atoms with Crippen LogP contribution in [0.2, 0.25) is 0 Å². The van der Waals surface area contributed by atoms with Gasteiger partial charge in [-0.25, -0.2) is 13.4 Å². The first-order valence-corrected chi connectivity index (χ1v) is 8.14. The fourth-order valence-corrected chi connectivity index (χ4v) is 2.90. The summed E-state index contributed by atoms with van der Waals surface area (Å²) in [5.74, 6) is 0.923. The first-order chi connectivity index (χ1) is 10.0. The van der Waals surface area contributed by atoms with E-state index < -0.39 is 9.84 Å². The van der Waals surface area contributed by atoms with Gasteiger partial charge in [-0.1, -0.05) is 0 Å². The highest BCUT2D eigenvalue weighted by Crippen LogP contribution is 2.22. The highest BCUT2D eigenvalue weighted by atomic mass is 32.2. The summed E-state index contributed by atoms with van der Waals surface area (Å²) in [5.41, 5.74) is 1.15. The molecule has 2 rings (SSSR count). The number of oxazole rings is 1. The van der Waals surface area contributed by atoms with Gasteiger partial charge in [0.2, 0.25) is 5.89 Å². The van der Waals surface area contributed by atoms with Crippen molar-refractivity contribution >= 4 is 9.84 Å². The molecule has 0 aliphatic heterocycles. The Morgan fingerprint density at radius 1 is 1.19 bits per heavy atom. The second kappa shape index (κ2) is 6.73. The van der Waals surface area contributed by atoms with Crippen molar-refractivity contribution in [3.05, 3.63) is 36.2 Å². The standard InChI is InChI=1S/C14H17NO5S/c1-18-7-8-21(16,17)10-12-9-20-14(15-12)11-3-5-13(19-2)6-4-11/h3-6,9H,7-8,10H2,1-2H3. The summed E-state index contributed by atoms with van der Waals surface area (Å²) in [4.78, 5) is 4.20. The SMILES string of the molecule is COCCS(=O)(=O)Cc1coc(-c2ccc(OC)cc2)n1. The van der Waals surface area contributed by atoms with Crippen molar-refractivity contribution in [1.82, 2.24) is 4.98 Å². The number of hydrogen-bond donors (Lipinski definition) is 0. The van der Waals surface area contributed by atoms with Gasteiger partial charge in [0.05, 0.1) is 30.9 Å². The third-order valence-corrected chi connectivity index (χ3v) is 4.38. The van der Waals surface area contributed by atoms with Crippen LogP contribution in [-0.4, -0.2) is 40.0 Å². The fourth-order valence-electron chi connectivity index (χ4n) is 1.75. The van der Waals surface area contributed by atoms with E-state index in [0.717, 1.165) is 11.3 Å². The molecule has 7 heteroatoms. The summed E-state index contributed by atoms with van der Waals surface area (Å²) >= 11 is 0. The molecule has 0 unspecified atom stereocenters. The summed E-state index contributed by atoms with van der Waals surface area (Å²) in [6.45, 7) is 0.172. The van der Waals surface area contributed by atoms with Crippen LogP contribution in [0.3, 0.4) is 0 Å². The molecule has 0 aliphatic carbocycles. The van der Waals surface area contributed by atoms with Gasteiger partial charge < -0.3 is 13.9 Å². The molecule has 0 fully saturated rings. The van der Waals surface area contributed by atoms with E-state index in [2.05, 4.69) is 4.98 Å². The smallest absolute Gasteiger partial charge is 0.226 e. The Hall–Kier alpha value is -1.86. The number of hydrogen-bond acceptors (Lipinski definition) is 6. The minimum absolute atomic E-state index is 0.0335. The predicted octanol–water partition coefficient (Wildman–Crippen LogP) is 1.91. The maximum atomic E-state index is 11.8. The van der Waals surface area contributed by atoms with Crippen LogP contribution in [0.5, 0.6) is 5.75 Å². The van der Waals surface area contributed by atoms with E-state index in [1.54, 1.807) is 31.4 Å². The Morgan fingerprint density at radius 2 is 1.90 bits per heavy atom. The van der Waals surface area contributed by atoms with E-state index in [1.165, 1.54) is 13.4 Å². The summed E-state index contributed by atoms with van der Waals surface area (Å²) in [5, 5.41) is 0. The van der Waals surface area contributed by atoms with Crippen molar-refractivity contribution in [1.29, 1.82) is 0 Å². The number of ether oxygens (including phenoxy) is 2. The minimum atomic E-state index is -3.24. The molecule has 0 amide bonds. The van der Waals surface area contributed by atoms with Gasteiger partial charge in [-0.15, -0.1) is 0 Å². The van der Waals surface area contributed by atoms with E-state index in [1.807, 2.05) is 0 Å². The Kier molecular flexibility index (Phi) is 4.98. The summed E-state index contributed by atoms with van der Waals surface area (Å²) < 4.78 is 38.8. The number of benzene rings is 1. The molecule has 0 spiro atoms. The molecular weight excluding hydrogens is 294 g/mol. The van der Waals surface area contributed by atoms with Crippen LogP contribution in [0.1, 0.15) is 5.69 Å². The lowest BCUT2D eigenvalue weighted by Gasteiger charge is -2.00. The van der Waals surface area contributed by atoms with Gasteiger partial charge in [0, 0.05) is 12.7 Å². The molecule has 0 bridgehead atoms. The Morgan fingerprint density at radius 3 is 2.52 bits per heavy atom. The zero-order chi connectivity index (χ0) is 15.3. The van der Waals surface area contributed by atoms with Gasteiger partial charge in [-0.3, -0.25) is 0 Å². The lowest BCUT2D eigenvalue weighted by atomic mass is 10.2. The van der Waals surface area contributed by atoms with Crippen LogP contribution in [-0.2, 0) is 20.3 Å². The Balaban J connectivity index is 2.10. The quantitative estimate of drug-likeness (QED) is 0.777. The van der Waals surface area contributed by atoms with Gasteiger partial charge in [0.25, 0.3) is 0 Å². The second-order valence-corrected chi connectivity index (χ2v) is 6.64. The molecule has 1 heterocycles. The maximum Gasteiger partial charge on any atom is 0.226 e. The lowest BCUT2D eigenvalue weighted by molar-refractivity contribution is 0.217. The van der Waals surface area contributed by atoms with Crippen molar-refractivity contribution in [3.8, 4) is 17.2 Å². The van der Waals surface area contributed by atoms with Gasteiger partial charge in [-0.2, -0.15) is 0 Å². The molecule has 1 aromatic carbocycles. The molecule has 114 valence electrons. The molecule has 2 aromatic rings. The predicted molar refractivity (Wildman–Crippen MR) is 77.9 cm³/mol. The fraction of sp³-hybridized carbons (Fsp3) is 0.357. The van der Waals surface area contributed by atoms with E-state index in [9.17, 15) is 8.42 Å². The highest BCUT2D eigenvalue weighted by molar-refractivity contribution is 7.90. The van der Waals surface area contributed by atoms with Crippen LogP contribution in [0.15, 0.2) is 34.9 Å². The van der Waals surface area contributed by atoms with Gasteiger partial charge >= 0.3 is 0 Å². The van der Waals surface area contributed by atoms with Crippen molar-refractivity contribution in [2.24, 2.45) is 0 Å². The van der Waals surface area contributed by atoms with Crippen LogP contribution < -0.4 is 4.74 Å². The molecule has 0 aliphatic rings. The minimum Gasteiger partial charge on any atom is -0.497 e. The van der Waals surface area contributed by atoms with Gasteiger partial charge in [0.15, 0.2) is 9.84 Å². The van der Waals surface area contributed by atoms with Crippen molar-refractivity contribution in [2.75, 3.05) is 26.6 Å². The maximum absolute atomic E-state index is 11.8. The summed E-state index contributed by atoms with van der Waals surface area (Å²) in [6, 6.07) is 7.17. The topological polar surface area (TPSA) is 78.6 Å². The molecule has 6 nitrogen and oxygen atoms in total. The van der Waals surface area contributed by atoms with Crippen LogP contribution in [0.4, 0.5) is 0 Å². The first-order valence-electron chi connectivity index (χ1n) is 6.32. The van der Waals surface area contributed by atoms with E-state index >= 15 is 0 Å². The van der Waals surface area contributed by atoms with Crippen LogP contribution in [0.25, 0.3) is 11.5 Å². The van der Waals surface area contributed by atoms with Gasteiger partial charge in [-0.05, 0) is 24.3 Å². The molecule has 0 saturated heterocycles. The van der Waals surface area contributed by atoms with Crippen LogP contribution >= 0.6 is 0 Å². The number of aromatic nitrogens is 1. The van der Waals surface area contributed by atoms with E-state index in [-0.39, 0.29) is 18.1 Å². The Bertz CT molecular complexity index is 676. The normalized spacial score (nSPS) is 11.5. The van der Waals surface area contributed by atoms with E-state index in [4.69, 9.17) is 13.9 Å². The van der Waals surface area contributed by atoms with Crippen molar-refractivity contribution in [3.63, 3.8) is 0 Å². The third kappa shape index (κ3) is 4.30.